The Morgan fingerprint density at radius 1 is 0.935 bits per heavy atom. The molecule has 4 nitrogen and oxygen atoms in total. The molecule has 1 fully saturated rings. The lowest BCUT2D eigenvalue weighted by Crippen LogP contribution is -2.34. The van der Waals surface area contributed by atoms with Gasteiger partial charge in [-0.2, -0.15) is 0 Å². The van der Waals surface area contributed by atoms with Crippen LogP contribution in [0.1, 0.15) is 25.7 Å². The minimum absolute atomic E-state index is 0.273. The molecule has 0 bridgehead atoms. The predicted octanol–water partition coefficient (Wildman–Crippen LogP) is 6.17. The number of imidazole rings is 1. The molecule has 0 aliphatic carbocycles. The molecule has 1 aliphatic heterocycles. The number of halogens is 1. The van der Waals surface area contributed by atoms with Gasteiger partial charge in [-0.1, -0.05) is 18.6 Å². The Balaban J connectivity index is 1.40. The third-order valence-electron chi connectivity index (χ3n) is 5.93. The molecule has 1 saturated heterocycles. The maximum absolute atomic E-state index is 13.1. The van der Waals surface area contributed by atoms with Crippen molar-refractivity contribution < 1.29 is 9.13 Å². The number of benzene rings is 3. The first kappa shape index (κ1) is 19.8. The smallest absolute Gasteiger partial charge is 0.141 e. The molecule has 1 unspecified atom stereocenters. The number of aryl methyl sites for hydroxylation is 1. The summed E-state index contributed by atoms with van der Waals surface area (Å²) in [5, 5.41) is 3.65. The van der Waals surface area contributed by atoms with Crippen molar-refractivity contribution in [2.45, 2.75) is 38.3 Å². The number of rotatable bonds is 6. The number of hydrogen-bond donors (Lipinski definition) is 1. The van der Waals surface area contributed by atoms with Gasteiger partial charge in [-0.25, -0.2) is 9.37 Å². The Labute approximate surface area is 181 Å². The molecule has 1 atom stereocenters. The fourth-order valence-electron chi connectivity index (χ4n) is 4.29. The van der Waals surface area contributed by atoms with Crippen LogP contribution in [0.3, 0.4) is 0 Å². The Bertz CT molecular complexity index is 1150. The molecule has 158 valence electrons. The van der Waals surface area contributed by atoms with Gasteiger partial charge in [0.15, 0.2) is 0 Å². The van der Waals surface area contributed by atoms with Crippen molar-refractivity contribution in [1.29, 1.82) is 0 Å². The molecule has 0 spiro atoms. The number of nitrogens with zero attached hydrogens (tertiary/aromatic N) is 2. The van der Waals surface area contributed by atoms with E-state index in [9.17, 15) is 4.39 Å². The van der Waals surface area contributed by atoms with Gasteiger partial charge in [-0.15, -0.1) is 0 Å². The summed E-state index contributed by atoms with van der Waals surface area (Å²) >= 11 is 0. The fourth-order valence-corrected chi connectivity index (χ4v) is 4.29. The third kappa shape index (κ3) is 4.47. The highest BCUT2D eigenvalue weighted by Crippen LogP contribution is 2.29. The normalized spacial score (nSPS) is 16.5. The largest absolute Gasteiger partial charge is 0.457 e. The molecule has 5 heteroatoms. The second-order valence-electron chi connectivity index (χ2n) is 8.09. The highest BCUT2D eigenvalue weighted by molar-refractivity contribution is 5.80. The van der Waals surface area contributed by atoms with E-state index in [2.05, 4.69) is 28.1 Å². The quantitative estimate of drug-likeness (QED) is 0.409. The monoisotopic (exact) mass is 415 g/mol. The maximum atomic E-state index is 13.1. The Morgan fingerprint density at radius 3 is 2.42 bits per heavy atom. The molecule has 1 aromatic heterocycles. The van der Waals surface area contributed by atoms with E-state index >= 15 is 0 Å². The zero-order chi connectivity index (χ0) is 21.0. The van der Waals surface area contributed by atoms with Crippen LogP contribution in [0.2, 0.25) is 0 Å². The average molecular weight is 416 g/mol. The Hall–Kier alpha value is -3.18. The van der Waals surface area contributed by atoms with Crippen LogP contribution in [0, 0.1) is 5.82 Å². The first-order valence-electron chi connectivity index (χ1n) is 11.0. The summed E-state index contributed by atoms with van der Waals surface area (Å²) in [6.45, 7) is 2.05. The SMILES string of the molecule is Fc1ccc(Oc2ccc(-c3nc4ccccc4n3CCC3CCCCN3)cc2)cc1. The summed E-state index contributed by atoms with van der Waals surface area (Å²) in [4.78, 5) is 4.93. The van der Waals surface area contributed by atoms with Crippen LogP contribution in [0.5, 0.6) is 11.5 Å². The Kier molecular flexibility index (Phi) is 5.67. The number of para-hydroxylation sites is 2. The molecule has 0 radical (unpaired) electrons. The number of nitrogens with one attached hydrogen (secondary N) is 1. The second kappa shape index (κ2) is 8.90. The number of ether oxygens (including phenoxy) is 1. The summed E-state index contributed by atoms with van der Waals surface area (Å²) in [6, 6.07) is 22.9. The fraction of sp³-hybridized carbons (Fsp3) is 0.269. The van der Waals surface area contributed by atoms with Crippen LogP contribution in [0.4, 0.5) is 4.39 Å². The predicted molar refractivity (Wildman–Crippen MR) is 122 cm³/mol. The Morgan fingerprint density at radius 2 is 1.68 bits per heavy atom. The van der Waals surface area contributed by atoms with E-state index in [1.165, 1.54) is 36.9 Å². The van der Waals surface area contributed by atoms with Crippen molar-refractivity contribution in [2.24, 2.45) is 0 Å². The van der Waals surface area contributed by atoms with Gasteiger partial charge in [0, 0.05) is 18.2 Å². The molecule has 2 heterocycles. The topological polar surface area (TPSA) is 39.1 Å². The number of hydrogen-bond acceptors (Lipinski definition) is 3. The van der Waals surface area contributed by atoms with E-state index in [-0.39, 0.29) is 5.82 Å². The summed E-state index contributed by atoms with van der Waals surface area (Å²) in [5.41, 5.74) is 3.24. The number of aromatic nitrogens is 2. The first-order chi connectivity index (χ1) is 15.3. The van der Waals surface area contributed by atoms with Crippen LogP contribution in [0.25, 0.3) is 22.4 Å². The lowest BCUT2D eigenvalue weighted by molar-refractivity contribution is 0.368. The van der Waals surface area contributed by atoms with Crippen LogP contribution >= 0.6 is 0 Å². The average Bonchev–Trinajstić information content (AvgIpc) is 3.19. The van der Waals surface area contributed by atoms with E-state index in [0.717, 1.165) is 36.4 Å². The van der Waals surface area contributed by atoms with Gasteiger partial charge in [0.1, 0.15) is 23.1 Å². The van der Waals surface area contributed by atoms with Crippen LogP contribution in [-0.2, 0) is 6.54 Å². The van der Waals surface area contributed by atoms with E-state index in [1.54, 1.807) is 12.1 Å². The summed E-state index contributed by atoms with van der Waals surface area (Å²) < 4.78 is 21.3. The minimum atomic E-state index is -0.273. The van der Waals surface area contributed by atoms with Gasteiger partial charge in [-0.05, 0) is 86.5 Å². The summed E-state index contributed by atoms with van der Waals surface area (Å²) in [6.07, 6.45) is 4.93. The van der Waals surface area contributed by atoms with E-state index in [4.69, 9.17) is 9.72 Å². The highest BCUT2D eigenvalue weighted by Gasteiger charge is 2.16. The summed E-state index contributed by atoms with van der Waals surface area (Å²) in [5.74, 6) is 2.03. The van der Waals surface area contributed by atoms with Crippen molar-refractivity contribution >= 4 is 11.0 Å². The van der Waals surface area contributed by atoms with Crippen molar-refractivity contribution in [3.63, 3.8) is 0 Å². The van der Waals surface area contributed by atoms with Gasteiger partial charge < -0.3 is 14.6 Å². The third-order valence-corrected chi connectivity index (χ3v) is 5.93. The van der Waals surface area contributed by atoms with Crippen molar-refractivity contribution in [1.82, 2.24) is 14.9 Å². The van der Waals surface area contributed by atoms with Crippen molar-refractivity contribution in [2.75, 3.05) is 6.54 Å². The molecule has 1 N–H and O–H groups in total. The molecule has 1 aliphatic rings. The van der Waals surface area contributed by atoms with E-state index < -0.39 is 0 Å². The number of piperidine rings is 1. The zero-order valence-electron chi connectivity index (χ0n) is 17.4. The lowest BCUT2D eigenvalue weighted by Gasteiger charge is -2.24. The van der Waals surface area contributed by atoms with Gasteiger partial charge in [-0.3, -0.25) is 0 Å². The van der Waals surface area contributed by atoms with Crippen molar-refractivity contribution in [3.05, 3.63) is 78.6 Å². The minimum Gasteiger partial charge on any atom is -0.457 e. The summed E-state index contributed by atoms with van der Waals surface area (Å²) in [7, 11) is 0. The molecular weight excluding hydrogens is 389 g/mol. The van der Waals surface area contributed by atoms with Gasteiger partial charge in [0.25, 0.3) is 0 Å². The zero-order valence-corrected chi connectivity index (χ0v) is 17.4. The molecule has 31 heavy (non-hydrogen) atoms. The maximum Gasteiger partial charge on any atom is 0.141 e. The lowest BCUT2D eigenvalue weighted by atomic mass is 10.0. The molecular formula is C26H26FN3O. The van der Waals surface area contributed by atoms with Gasteiger partial charge >= 0.3 is 0 Å². The highest BCUT2D eigenvalue weighted by atomic mass is 19.1. The molecule has 5 rings (SSSR count). The second-order valence-corrected chi connectivity index (χ2v) is 8.09. The molecule has 0 amide bonds. The van der Waals surface area contributed by atoms with E-state index in [0.29, 0.717) is 17.5 Å². The van der Waals surface area contributed by atoms with Crippen molar-refractivity contribution in [3.8, 4) is 22.9 Å². The van der Waals surface area contributed by atoms with Gasteiger partial charge in [0.05, 0.1) is 11.0 Å². The first-order valence-corrected chi connectivity index (χ1v) is 11.0. The molecule has 0 saturated carbocycles. The van der Waals surface area contributed by atoms with Crippen LogP contribution in [-0.4, -0.2) is 22.1 Å². The van der Waals surface area contributed by atoms with E-state index in [1.807, 2.05) is 30.3 Å². The standard InChI is InChI=1S/C26H26FN3O/c27-20-10-14-23(15-11-20)31-22-12-8-19(9-13-22)26-29-24-6-1-2-7-25(24)30(26)18-16-21-5-3-4-17-28-21/h1-2,6-15,21,28H,3-5,16-18H2. The van der Waals surface area contributed by atoms with Gasteiger partial charge in [0.2, 0.25) is 0 Å². The number of fused-ring (bicyclic) bond motifs is 1. The van der Waals surface area contributed by atoms with Crippen LogP contribution < -0.4 is 10.1 Å². The van der Waals surface area contributed by atoms with Crippen LogP contribution in [0.15, 0.2) is 72.8 Å². The molecule has 4 aromatic rings. The molecule has 3 aromatic carbocycles.